The van der Waals surface area contributed by atoms with E-state index >= 15 is 0 Å². The molecule has 5 atom stereocenters. The second kappa shape index (κ2) is 7.80. The number of hydrogen-bond acceptors (Lipinski definition) is 5. The Labute approximate surface area is 158 Å². The number of methoxy groups -OCH3 is 2. The van der Waals surface area contributed by atoms with Crippen LogP contribution in [0, 0.1) is 5.92 Å². The van der Waals surface area contributed by atoms with E-state index in [0.717, 1.165) is 18.4 Å². The molecule has 3 rings (SSSR count). The van der Waals surface area contributed by atoms with Crippen molar-refractivity contribution in [2.24, 2.45) is 5.92 Å². The third kappa shape index (κ3) is 3.53. The number of benzene rings is 1. The van der Waals surface area contributed by atoms with E-state index in [2.05, 4.69) is 4.90 Å². The van der Waals surface area contributed by atoms with Crippen LogP contribution in [-0.2, 0) is 19.0 Å². The zero-order valence-corrected chi connectivity index (χ0v) is 16.1. The van der Waals surface area contributed by atoms with Crippen LogP contribution < -0.4 is 0 Å². The number of ether oxygens (including phenoxy) is 3. The van der Waals surface area contributed by atoms with E-state index in [1.807, 2.05) is 19.2 Å². The summed E-state index contributed by atoms with van der Waals surface area (Å²) in [6.45, 7) is 0.215. The van der Waals surface area contributed by atoms with Crippen molar-refractivity contribution in [2.75, 3.05) is 28.1 Å². The Kier molecular flexibility index (Phi) is 5.91. The van der Waals surface area contributed by atoms with Gasteiger partial charge in [-0.25, -0.2) is 0 Å². The first-order valence-electron chi connectivity index (χ1n) is 8.33. The van der Waals surface area contributed by atoms with Gasteiger partial charge in [-0.1, -0.05) is 29.3 Å². The van der Waals surface area contributed by atoms with Crippen LogP contribution in [0.4, 0.5) is 0 Å². The van der Waals surface area contributed by atoms with Crippen molar-refractivity contribution in [1.82, 2.24) is 4.90 Å². The van der Waals surface area contributed by atoms with Crippen molar-refractivity contribution in [3.8, 4) is 0 Å². The molecule has 1 aromatic carbocycles. The van der Waals surface area contributed by atoms with Gasteiger partial charge in [-0.05, 0) is 37.6 Å². The Morgan fingerprint density at radius 1 is 1.24 bits per heavy atom. The molecule has 2 bridgehead atoms. The molecule has 0 saturated carbocycles. The minimum Gasteiger partial charge on any atom is -0.469 e. The molecule has 138 valence electrons. The zero-order chi connectivity index (χ0) is 18.1. The lowest BCUT2D eigenvalue weighted by atomic mass is 9.76. The van der Waals surface area contributed by atoms with Crippen LogP contribution in [0.1, 0.15) is 24.3 Å². The van der Waals surface area contributed by atoms with Crippen LogP contribution in [0.25, 0.3) is 0 Å². The monoisotopic (exact) mass is 387 g/mol. The summed E-state index contributed by atoms with van der Waals surface area (Å²) < 4.78 is 16.1. The second-order valence-electron chi connectivity index (χ2n) is 6.72. The van der Waals surface area contributed by atoms with Crippen molar-refractivity contribution in [2.45, 2.75) is 36.9 Å². The van der Waals surface area contributed by atoms with Crippen molar-refractivity contribution >= 4 is 29.2 Å². The Morgan fingerprint density at radius 3 is 2.64 bits per heavy atom. The highest BCUT2D eigenvalue weighted by molar-refractivity contribution is 6.42. The number of hydrogen-bond donors (Lipinski definition) is 0. The molecule has 2 saturated heterocycles. The highest BCUT2D eigenvalue weighted by Crippen LogP contribution is 2.48. The lowest BCUT2D eigenvalue weighted by Gasteiger charge is -2.42. The topological polar surface area (TPSA) is 48.0 Å². The van der Waals surface area contributed by atoms with Crippen LogP contribution in [-0.4, -0.2) is 57.1 Å². The third-order valence-corrected chi connectivity index (χ3v) is 6.24. The first kappa shape index (κ1) is 18.9. The lowest BCUT2D eigenvalue weighted by Crippen LogP contribution is -2.52. The van der Waals surface area contributed by atoms with Gasteiger partial charge in [-0.3, -0.25) is 9.69 Å². The molecule has 2 fully saturated rings. The van der Waals surface area contributed by atoms with Gasteiger partial charge in [0.15, 0.2) is 0 Å². The predicted molar refractivity (Wildman–Crippen MR) is 96.0 cm³/mol. The molecule has 2 aliphatic heterocycles. The Bertz CT molecular complexity index is 642. The third-order valence-electron chi connectivity index (χ3n) is 5.50. The minimum atomic E-state index is -0.326. The van der Waals surface area contributed by atoms with Crippen LogP contribution in [0.5, 0.6) is 0 Å². The number of carbonyl (C=O) groups is 1. The summed E-state index contributed by atoms with van der Waals surface area (Å²) in [5, 5.41) is 1.01. The van der Waals surface area contributed by atoms with Crippen molar-refractivity contribution in [3.05, 3.63) is 33.8 Å². The molecule has 2 heterocycles. The largest absolute Gasteiger partial charge is 0.469 e. The predicted octanol–water partition coefficient (Wildman–Crippen LogP) is 3.33. The molecular formula is C18H23Cl2NO4. The van der Waals surface area contributed by atoms with Gasteiger partial charge in [0.1, 0.15) is 6.79 Å². The summed E-state index contributed by atoms with van der Waals surface area (Å²) in [6, 6.07) is 5.88. The molecule has 0 aliphatic carbocycles. The lowest BCUT2D eigenvalue weighted by molar-refractivity contribution is -0.154. The van der Waals surface area contributed by atoms with E-state index in [0.29, 0.717) is 16.1 Å². The maximum absolute atomic E-state index is 12.7. The highest BCUT2D eigenvalue weighted by atomic mass is 35.5. The molecule has 25 heavy (non-hydrogen) atoms. The summed E-state index contributed by atoms with van der Waals surface area (Å²) in [4.78, 5) is 14.9. The number of piperidine rings is 1. The van der Waals surface area contributed by atoms with Crippen LogP contribution >= 0.6 is 23.2 Å². The van der Waals surface area contributed by atoms with E-state index in [1.165, 1.54) is 7.11 Å². The number of rotatable bonds is 5. The van der Waals surface area contributed by atoms with Crippen LogP contribution in [0.2, 0.25) is 10.0 Å². The SMILES string of the molecule is COCOC1CC2CC(c3ccc(Cl)c(Cl)c3)C(C(=O)OC)C1N2C. The Balaban J connectivity index is 1.96. The Morgan fingerprint density at radius 2 is 2.00 bits per heavy atom. The average molecular weight is 388 g/mol. The fourth-order valence-corrected chi connectivity index (χ4v) is 4.66. The molecule has 0 amide bonds. The average Bonchev–Trinajstić information content (AvgIpc) is 2.80. The first-order chi connectivity index (χ1) is 12.0. The highest BCUT2D eigenvalue weighted by Gasteiger charge is 2.54. The number of carbonyl (C=O) groups excluding carboxylic acids is 1. The maximum Gasteiger partial charge on any atom is 0.310 e. The van der Waals surface area contributed by atoms with Gasteiger partial charge in [0.05, 0.1) is 29.2 Å². The van der Waals surface area contributed by atoms with Gasteiger partial charge in [0.2, 0.25) is 0 Å². The molecule has 5 nitrogen and oxygen atoms in total. The number of esters is 1. The van der Waals surface area contributed by atoms with Gasteiger partial charge >= 0.3 is 5.97 Å². The van der Waals surface area contributed by atoms with Crippen LogP contribution in [0.15, 0.2) is 18.2 Å². The molecule has 1 aromatic rings. The minimum absolute atomic E-state index is 0.0181. The smallest absolute Gasteiger partial charge is 0.310 e. The van der Waals surface area contributed by atoms with E-state index in [4.69, 9.17) is 37.4 Å². The molecule has 0 spiro atoms. The molecule has 7 heteroatoms. The second-order valence-corrected chi connectivity index (χ2v) is 7.54. The fourth-order valence-electron chi connectivity index (χ4n) is 4.35. The summed E-state index contributed by atoms with van der Waals surface area (Å²) in [7, 11) is 5.08. The fraction of sp³-hybridized carbons (Fsp3) is 0.611. The summed E-state index contributed by atoms with van der Waals surface area (Å²) in [5.74, 6) is -0.531. The molecule has 0 N–H and O–H groups in total. The molecule has 0 radical (unpaired) electrons. The number of nitrogens with zero attached hydrogens (tertiary/aromatic N) is 1. The van der Waals surface area contributed by atoms with E-state index in [1.54, 1.807) is 13.2 Å². The molecule has 2 aliphatic rings. The standard InChI is InChI=1S/C18H23Cl2NO4/c1-21-11-7-12(10-4-5-13(19)14(20)6-10)16(18(22)24-3)17(21)15(8-11)25-9-23-2/h4-6,11-12,15-17H,7-9H2,1-3H3. The number of halogens is 2. The summed E-state index contributed by atoms with van der Waals surface area (Å²) >= 11 is 12.3. The number of fused-ring (bicyclic) bond motifs is 2. The molecule has 0 aromatic heterocycles. The van der Waals surface area contributed by atoms with E-state index < -0.39 is 0 Å². The zero-order valence-electron chi connectivity index (χ0n) is 14.6. The normalized spacial score (nSPS) is 32.0. The van der Waals surface area contributed by atoms with Crippen molar-refractivity contribution in [1.29, 1.82) is 0 Å². The molecule has 5 unspecified atom stereocenters. The van der Waals surface area contributed by atoms with Gasteiger partial charge < -0.3 is 14.2 Å². The van der Waals surface area contributed by atoms with Crippen molar-refractivity contribution < 1.29 is 19.0 Å². The first-order valence-corrected chi connectivity index (χ1v) is 9.08. The number of likely N-dealkylation sites (N-methyl/N-ethyl adjacent to an activating group) is 1. The van der Waals surface area contributed by atoms with E-state index in [9.17, 15) is 4.79 Å². The van der Waals surface area contributed by atoms with Crippen molar-refractivity contribution in [3.63, 3.8) is 0 Å². The van der Waals surface area contributed by atoms with Crippen LogP contribution in [0.3, 0.4) is 0 Å². The Hall–Kier alpha value is -0.850. The molecular weight excluding hydrogens is 365 g/mol. The summed E-state index contributed by atoms with van der Waals surface area (Å²) in [6.07, 6.45) is 1.65. The van der Waals surface area contributed by atoms with Gasteiger partial charge in [-0.2, -0.15) is 0 Å². The van der Waals surface area contributed by atoms with Gasteiger partial charge in [0.25, 0.3) is 0 Å². The van der Waals surface area contributed by atoms with Gasteiger partial charge in [-0.15, -0.1) is 0 Å². The maximum atomic E-state index is 12.7. The van der Waals surface area contributed by atoms with E-state index in [-0.39, 0.29) is 36.7 Å². The summed E-state index contributed by atoms with van der Waals surface area (Å²) in [5.41, 5.74) is 1.01. The van der Waals surface area contributed by atoms with Gasteiger partial charge in [0, 0.05) is 25.1 Å². The quantitative estimate of drug-likeness (QED) is 0.572.